The highest BCUT2D eigenvalue weighted by Gasteiger charge is 2.14. The SMILES string of the molecule is COC(=O)CNS(=O)(=O)Cc1cc(Cl)cc(Cl)c1. The number of carbonyl (C=O) groups excluding carboxylic acids is 1. The Morgan fingerprint density at radius 1 is 1.28 bits per heavy atom. The zero-order valence-corrected chi connectivity index (χ0v) is 11.8. The Labute approximate surface area is 115 Å². The molecule has 0 amide bonds. The van der Waals surface area contributed by atoms with Crippen molar-refractivity contribution < 1.29 is 17.9 Å². The second kappa shape index (κ2) is 6.38. The van der Waals surface area contributed by atoms with E-state index in [0.29, 0.717) is 15.6 Å². The van der Waals surface area contributed by atoms with Crippen LogP contribution in [0.5, 0.6) is 0 Å². The Hall–Kier alpha value is -0.820. The van der Waals surface area contributed by atoms with Crippen LogP contribution in [0.3, 0.4) is 0 Å². The van der Waals surface area contributed by atoms with Gasteiger partial charge in [-0.15, -0.1) is 0 Å². The molecule has 8 heteroatoms. The standard InChI is InChI=1S/C10H11Cl2NO4S/c1-17-10(14)5-13-18(15,16)6-7-2-8(11)4-9(12)3-7/h2-4,13H,5-6H2,1H3. The first-order valence-corrected chi connectivity index (χ1v) is 7.22. The summed E-state index contributed by atoms with van der Waals surface area (Å²) in [5.74, 6) is -0.979. The molecule has 0 aliphatic heterocycles. The molecule has 1 N–H and O–H groups in total. The first kappa shape index (κ1) is 15.2. The Balaban J connectivity index is 2.73. The van der Waals surface area contributed by atoms with Crippen molar-refractivity contribution in [1.29, 1.82) is 0 Å². The lowest BCUT2D eigenvalue weighted by Gasteiger charge is -2.06. The van der Waals surface area contributed by atoms with Crippen molar-refractivity contribution in [2.75, 3.05) is 13.7 Å². The van der Waals surface area contributed by atoms with Crippen molar-refractivity contribution in [1.82, 2.24) is 4.72 Å². The molecular formula is C10H11Cl2NO4S. The molecule has 0 spiro atoms. The van der Waals surface area contributed by atoms with Crippen LogP contribution in [-0.4, -0.2) is 28.0 Å². The first-order valence-electron chi connectivity index (χ1n) is 4.81. The van der Waals surface area contributed by atoms with Gasteiger partial charge in [0.1, 0.15) is 6.54 Å². The number of methoxy groups -OCH3 is 1. The molecule has 0 saturated heterocycles. The average Bonchev–Trinajstić information content (AvgIpc) is 2.23. The summed E-state index contributed by atoms with van der Waals surface area (Å²) >= 11 is 11.5. The van der Waals surface area contributed by atoms with Gasteiger partial charge in [0.25, 0.3) is 0 Å². The molecule has 100 valence electrons. The number of sulfonamides is 1. The summed E-state index contributed by atoms with van der Waals surface area (Å²) in [6.07, 6.45) is 0. The third-order valence-corrected chi connectivity index (χ3v) is 3.68. The molecule has 1 aromatic carbocycles. The van der Waals surface area contributed by atoms with Crippen molar-refractivity contribution in [2.45, 2.75) is 5.75 Å². The van der Waals surface area contributed by atoms with Gasteiger partial charge in [0.15, 0.2) is 0 Å². The number of hydrogen-bond donors (Lipinski definition) is 1. The molecule has 0 aliphatic carbocycles. The molecule has 0 aliphatic rings. The fourth-order valence-electron chi connectivity index (χ4n) is 1.21. The van der Waals surface area contributed by atoms with Gasteiger partial charge in [-0.25, -0.2) is 13.1 Å². The van der Waals surface area contributed by atoms with Gasteiger partial charge in [0, 0.05) is 10.0 Å². The van der Waals surface area contributed by atoms with Crippen LogP contribution in [0.15, 0.2) is 18.2 Å². The Bertz CT molecular complexity index is 525. The van der Waals surface area contributed by atoms with Gasteiger partial charge < -0.3 is 4.74 Å². The second-order valence-corrected chi connectivity index (χ2v) is 6.11. The van der Waals surface area contributed by atoms with Gasteiger partial charge in [-0.1, -0.05) is 23.2 Å². The maximum Gasteiger partial charge on any atom is 0.320 e. The molecule has 1 aromatic rings. The van der Waals surface area contributed by atoms with Crippen molar-refractivity contribution in [3.05, 3.63) is 33.8 Å². The van der Waals surface area contributed by atoms with E-state index in [1.165, 1.54) is 25.3 Å². The Kier molecular flexibility index (Phi) is 5.40. The van der Waals surface area contributed by atoms with Gasteiger partial charge in [-0.2, -0.15) is 0 Å². The molecule has 0 heterocycles. The van der Waals surface area contributed by atoms with Gasteiger partial charge >= 0.3 is 5.97 Å². The van der Waals surface area contributed by atoms with Crippen LogP contribution in [-0.2, 0) is 25.3 Å². The van der Waals surface area contributed by atoms with Crippen molar-refractivity contribution >= 4 is 39.2 Å². The lowest BCUT2D eigenvalue weighted by atomic mass is 10.2. The molecule has 0 radical (unpaired) electrons. The molecule has 18 heavy (non-hydrogen) atoms. The minimum absolute atomic E-state index is 0.315. The zero-order valence-electron chi connectivity index (χ0n) is 9.44. The van der Waals surface area contributed by atoms with Crippen molar-refractivity contribution in [3.63, 3.8) is 0 Å². The van der Waals surface area contributed by atoms with Crippen LogP contribution in [0.2, 0.25) is 10.0 Å². The molecule has 0 aromatic heterocycles. The van der Waals surface area contributed by atoms with E-state index in [9.17, 15) is 13.2 Å². The molecule has 5 nitrogen and oxygen atoms in total. The molecule has 0 saturated carbocycles. The van der Waals surface area contributed by atoms with E-state index in [4.69, 9.17) is 23.2 Å². The van der Waals surface area contributed by atoms with Crippen LogP contribution in [0.1, 0.15) is 5.56 Å². The lowest BCUT2D eigenvalue weighted by molar-refractivity contribution is -0.139. The summed E-state index contributed by atoms with van der Waals surface area (Å²) in [5.41, 5.74) is 0.435. The fourth-order valence-corrected chi connectivity index (χ4v) is 2.82. The van der Waals surface area contributed by atoms with Crippen molar-refractivity contribution in [3.8, 4) is 0 Å². The number of hydrogen-bond acceptors (Lipinski definition) is 4. The first-order chi connectivity index (χ1) is 8.32. The number of ether oxygens (including phenoxy) is 1. The van der Waals surface area contributed by atoms with E-state index in [1.54, 1.807) is 0 Å². The van der Waals surface area contributed by atoms with Gasteiger partial charge in [-0.05, 0) is 23.8 Å². The molecule has 0 atom stereocenters. The highest BCUT2D eigenvalue weighted by Crippen LogP contribution is 2.20. The van der Waals surface area contributed by atoms with E-state index in [2.05, 4.69) is 9.46 Å². The summed E-state index contributed by atoms with van der Waals surface area (Å²) in [5, 5.41) is 0.696. The highest BCUT2D eigenvalue weighted by atomic mass is 35.5. The van der Waals surface area contributed by atoms with Crippen LogP contribution in [0.4, 0.5) is 0 Å². The number of rotatable bonds is 5. The smallest absolute Gasteiger partial charge is 0.320 e. The second-order valence-electron chi connectivity index (χ2n) is 3.43. The molecule has 1 rings (SSSR count). The summed E-state index contributed by atoms with van der Waals surface area (Å²) in [4.78, 5) is 10.8. The third kappa shape index (κ3) is 5.22. The van der Waals surface area contributed by atoms with E-state index in [1.807, 2.05) is 0 Å². The Morgan fingerprint density at radius 3 is 2.33 bits per heavy atom. The molecule has 0 fully saturated rings. The summed E-state index contributed by atoms with van der Waals surface area (Å²) < 4.78 is 29.7. The van der Waals surface area contributed by atoms with Crippen LogP contribution < -0.4 is 4.72 Å². The van der Waals surface area contributed by atoms with Gasteiger partial charge in [0.05, 0.1) is 12.9 Å². The number of carbonyl (C=O) groups is 1. The predicted molar refractivity (Wildman–Crippen MR) is 69.1 cm³/mol. The largest absolute Gasteiger partial charge is 0.468 e. The number of esters is 1. The summed E-state index contributed by atoms with van der Waals surface area (Å²) in [6, 6.07) is 4.48. The quantitative estimate of drug-likeness (QED) is 0.838. The summed E-state index contributed by atoms with van der Waals surface area (Å²) in [7, 11) is -2.47. The van der Waals surface area contributed by atoms with Gasteiger partial charge in [-0.3, -0.25) is 4.79 Å². The number of nitrogens with one attached hydrogen (secondary N) is 1. The number of benzene rings is 1. The monoisotopic (exact) mass is 311 g/mol. The molecular weight excluding hydrogens is 301 g/mol. The molecule has 0 unspecified atom stereocenters. The fraction of sp³-hybridized carbons (Fsp3) is 0.300. The maximum atomic E-state index is 11.6. The third-order valence-electron chi connectivity index (χ3n) is 1.94. The van der Waals surface area contributed by atoms with Crippen molar-refractivity contribution in [2.24, 2.45) is 0 Å². The Morgan fingerprint density at radius 2 is 1.83 bits per heavy atom. The van der Waals surface area contributed by atoms with E-state index in [-0.39, 0.29) is 5.75 Å². The zero-order chi connectivity index (χ0) is 13.8. The topological polar surface area (TPSA) is 72.5 Å². The minimum atomic E-state index is -3.64. The maximum absolute atomic E-state index is 11.6. The normalized spacial score (nSPS) is 11.3. The van der Waals surface area contributed by atoms with E-state index < -0.39 is 22.5 Å². The minimum Gasteiger partial charge on any atom is -0.468 e. The average molecular weight is 312 g/mol. The van der Waals surface area contributed by atoms with E-state index in [0.717, 1.165) is 0 Å². The van der Waals surface area contributed by atoms with Crippen LogP contribution >= 0.6 is 23.2 Å². The molecule has 0 bridgehead atoms. The highest BCUT2D eigenvalue weighted by molar-refractivity contribution is 7.88. The number of halogens is 2. The van der Waals surface area contributed by atoms with Crippen LogP contribution in [0.25, 0.3) is 0 Å². The predicted octanol–water partition coefficient (Wildman–Crippen LogP) is 1.59. The lowest BCUT2D eigenvalue weighted by Crippen LogP contribution is -2.31. The van der Waals surface area contributed by atoms with Gasteiger partial charge in [0.2, 0.25) is 10.0 Å². The van der Waals surface area contributed by atoms with Crippen LogP contribution in [0, 0.1) is 0 Å². The van der Waals surface area contributed by atoms with E-state index >= 15 is 0 Å². The summed E-state index contributed by atoms with van der Waals surface area (Å²) in [6.45, 7) is -0.410.